The maximum Gasteiger partial charge on any atom is 0.335 e. The van der Waals surface area contributed by atoms with Crippen LogP contribution in [0.3, 0.4) is 0 Å². The minimum absolute atomic E-state index is 0.0417. The number of benzene rings is 2. The Kier molecular flexibility index (Phi) is 5.75. The van der Waals surface area contributed by atoms with Gasteiger partial charge in [-0.1, -0.05) is 23.7 Å². The van der Waals surface area contributed by atoms with E-state index in [1.165, 1.54) is 6.08 Å². The molecular formula is C22H21ClN2O4. The Balaban J connectivity index is 1.97. The molecule has 1 fully saturated rings. The number of carbonyl (C=O) groups excluding carboxylic acids is 3. The fourth-order valence-corrected chi connectivity index (χ4v) is 3.11. The van der Waals surface area contributed by atoms with Crippen LogP contribution in [0, 0.1) is 13.8 Å². The molecular weight excluding hydrogens is 392 g/mol. The summed E-state index contributed by atoms with van der Waals surface area (Å²) in [6.07, 6.45) is 1.36. The number of carbonyl (C=O) groups is 3. The first-order valence-corrected chi connectivity index (χ1v) is 9.50. The second-order valence-corrected chi connectivity index (χ2v) is 7.49. The second kappa shape index (κ2) is 8.09. The van der Waals surface area contributed by atoms with Crippen LogP contribution in [-0.4, -0.2) is 23.9 Å². The second-order valence-electron chi connectivity index (χ2n) is 7.08. The lowest BCUT2D eigenvalue weighted by Gasteiger charge is -2.26. The number of anilines is 1. The molecule has 1 aliphatic heterocycles. The van der Waals surface area contributed by atoms with Crippen LogP contribution >= 0.6 is 11.6 Å². The third kappa shape index (κ3) is 4.32. The average molecular weight is 413 g/mol. The molecule has 29 heavy (non-hydrogen) atoms. The first-order chi connectivity index (χ1) is 13.7. The minimum atomic E-state index is -0.779. The SMILES string of the molecule is Cc1ccc(N2C(=O)NC(=O)/C(=C\c3ccc(OC(C)C)c(Cl)c3)C2=O)cc1C. The molecule has 0 aliphatic carbocycles. The molecule has 1 heterocycles. The predicted molar refractivity (Wildman–Crippen MR) is 112 cm³/mol. The number of urea groups is 1. The zero-order valence-electron chi connectivity index (χ0n) is 16.6. The van der Waals surface area contributed by atoms with Crippen molar-refractivity contribution in [3.05, 3.63) is 63.7 Å². The summed E-state index contributed by atoms with van der Waals surface area (Å²) in [6.45, 7) is 7.59. The number of ether oxygens (including phenoxy) is 1. The quantitative estimate of drug-likeness (QED) is 0.596. The lowest BCUT2D eigenvalue weighted by molar-refractivity contribution is -0.122. The first kappa shape index (κ1) is 20.6. The Morgan fingerprint density at radius 2 is 1.76 bits per heavy atom. The van der Waals surface area contributed by atoms with Crippen LogP contribution in [0.2, 0.25) is 5.02 Å². The van der Waals surface area contributed by atoms with E-state index in [-0.39, 0.29) is 11.7 Å². The van der Waals surface area contributed by atoms with Crippen LogP contribution in [0.4, 0.5) is 10.5 Å². The van der Waals surface area contributed by atoms with Gasteiger partial charge in [-0.25, -0.2) is 9.69 Å². The maximum atomic E-state index is 13.0. The fraction of sp³-hybridized carbons (Fsp3) is 0.227. The van der Waals surface area contributed by atoms with E-state index in [9.17, 15) is 14.4 Å². The molecule has 0 atom stereocenters. The number of halogens is 1. The minimum Gasteiger partial charge on any atom is -0.489 e. The normalized spacial score (nSPS) is 15.9. The van der Waals surface area contributed by atoms with E-state index < -0.39 is 17.8 Å². The third-order valence-corrected chi connectivity index (χ3v) is 4.78. The van der Waals surface area contributed by atoms with Gasteiger partial charge in [0.25, 0.3) is 11.8 Å². The third-order valence-electron chi connectivity index (χ3n) is 4.48. The molecule has 0 saturated carbocycles. The summed E-state index contributed by atoms with van der Waals surface area (Å²) in [5.74, 6) is -0.936. The van der Waals surface area contributed by atoms with E-state index in [4.69, 9.17) is 16.3 Å². The molecule has 1 N–H and O–H groups in total. The molecule has 7 heteroatoms. The van der Waals surface area contributed by atoms with E-state index in [1.807, 2.05) is 33.8 Å². The highest BCUT2D eigenvalue weighted by atomic mass is 35.5. The molecule has 0 radical (unpaired) electrons. The van der Waals surface area contributed by atoms with Gasteiger partial charge in [0.1, 0.15) is 11.3 Å². The van der Waals surface area contributed by atoms with Crippen molar-refractivity contribution in [2.75, 3.05) is 4.90 Å². The number of aryl methyl sites for hydroxylation is 2. The van der Waals surface area contributed by atoms with Gasteiger partial charge in [-0.3, -0.25) is 14.9 Å². The topological polar surface area (TPSA) is 75.7 Å². The number of amides is 4. The monoisotopic (exact) mass is 412 g/mol. The summed E-state index contributed by atoms with van der Waals surface area (Å²) in [6, 6.07) is 9.40. The van der Waals surface area contributed by atoms with Crippen LogP contribution in [0.25, 0.3) is 6.08 Å². The molecule has 1 saturated heterocycles. The van der Waals surface area contributed by atoms with E-state index in [0.29, 0.717) is 22.0 Å². The van der Waals surface area contributed by atoms with Crippen LogP contribution in [-0.2, 0) is 9.59 Å². The molecule has 2 aromatic carbocycles. The van der Waals surface area contributed by atoms with Gasteiger partial charge in [-0.05, 0) is 74.7 Å². The first-order valence-electron chi connectivity index (χ1n) is 9.12. The van der Waals surface area contributed by atoms with Crippen molar-refractivity contribution >= 4 is 41.2 Å². The molecule has 0 unspecified atom stereocenters. The lowest BCUT2D eigenvalue weighted by atomic mass is 10.0. The fourth-order valence-electron chi connectivity index (χ4n) is 2.88. The standard InChI is InChI=1S/C22H21ClN2O4/c1-12(2)29-19-8-6-15(11-18(19)23)10-17-20(26)24-22(28)25(21(17)27)16-7-5-13(3)14(4)9-16/h5-12H,1-4H3,(H,24,26,28)/b17-10+. The van der Waals surface area contributed by atoms with Crippen molar-refractivity contribution < 1.29 is 19.1 Å². The van der Waals surface area contributed by atoms with Gasteiger partial charge in [0.2, 0.25) is 0 Å². The van der Waals surface area contributed by atoms with Gasteiger partial charge in [0.15, 0.2) is 0 Å². The number of nitrogens with zero attached hydrogens (tertiary/aromatic N) is 1. The predicted octanol–water partition coefficient (Wildman–Crippen LogP) is 4.41. The summed E-state index contributed by atoms with van der Waals surface area (Å²) in [5.41, 5.74) is 2.74. The van der Waals surface area contributed by atoms with E-state index >= 15 is 0 Å². The Hall–Kier alpha value is -3.12. The number of hydrogen-bond acceptors (Lipinski definition) is 4. The summed E-state index contributed by atoms with van der Waals surface area (Å²) in [5, 5.41) is 2.58. The van der Waals surface area contributed by atoms with E-state index in [0.717, 1.165) is 16.0 Å². The highest BCUT2D eigenvalue weighted by Gasteiger charge is 2.36. The number of barbiturate groups is 1. The molecule has 1 aliphatic rings. The Labute approximate surface area is 174 Å². The van der Waals surface area contributed by atoms with Crippen molar-refractivity contribution in [1.29, 1.82) is 0 Å². The highest BCUT2D eigenvalue weighted by Crippen LogP contribution is 2.29. The van der Waals surface area contributed by atoms with E-state index in [1.54, 1.807) is 30.3 Å². The molecule has 6 nitrogen and oxygen atoms in total. The van der Waals surface area contributed by atoms with Gasteiger partial charge in [-0.2, -0.15) is 0 Å². The van der Waals surface area contributed by atoms with Crippen LogP contribution in [0.5, 0.6) is 5.75 Å². The molecule has 2 aromatic rings. The van der Waals surface area contributed by atoms with Gasteiger partial charge < -0.3 is 4.74 Å². The largest absolute Gasteiger partial charge is 0.489 e. The van der Waals surface area contributed by atoms with E-state index in [2.05, 4.69) is 5.32 Å². The van der Waals surface area contributed by atoms with Crippen LogP contribution in [0.1, 0.15) is 30.5 Å². The Bertz CT molecular complexity index is 1040. The van der Waals surface area contributed by atoms with Gasteiger partial charge >= 0.3 is 6.03 Å². The van der Waals surface area contributed by atoms with Crippen molar-refractivity contribution in [1.82, 2.24) is 5.32 Å². The van der Waals surface area contributed by atoms with Crippen molar-refractivity contribution in [2.24, 2.45) is 0 Å². The van der Waals surface area contributed by atoms with Crippen LogP contribution < -0.4 is 15.0 Å². The van der Waals surface area contributed by atoms with Gasteiger partial charge in [-0.15, -0.1) is 0 Å². The molecule has 4 amide bonds. The lowest BCUT2D eigenvalue weighted by Crippen LogP contribution is -2.54. The molecule has 0 spiro atoms. The zero-order chi connectivity index (χ0) is 21.3. The molecule has 3 rings (SSSR count). The number of imide groups is 2. The maximum absolute atomic E-state index is 13.0. The van der Waals surface area contributed by atoms with Gasteiger partial charge in [0.05, 0.1) is 16.8 Å². The molecule has 150 valence electrons. The Morgan fingerprint density at radius 1 is 1.03 bits per heavy atom. The summed E-state index contributed by atoms with van der Waals surface area (Å²) < 4.78 is 5.59. The smallest absolute Gasteiger partial charge is 0.335 e. The van der Waals surface area contributed by atoms with Crippen LogP contribution in [0.15, 0.2) is 42.0 Å². The van der Waals surface area contributed by atoms with Crippen molar-refractivity contribution in [3.8, 4) is 5.75 Å². The zero-order valence-corrected chi connectivity index (χ0v) is 17.3. The number of nitrogens with one attached hydrogen (secondary N) is 1. The Morgan fingerprint density at radius 3 is 2.38 bits per heavy atom. The molecule has 0 bridgehead atoms. The highest BCUT2D eigenvalue weighted by molar-refractivity contribution is 6.39. The number of hydrogen-bond donors (Lipinski definition) is 1. The summed E-state index contributed by atoms with van der Waals surface area (Å²) >= 11 is 6.24. The average Bonchev–Trinajstić information content (AvgIpc) is 2.63. The summed E-state index contributed by atoms with van der Waals surface area (Å²) in [4.78, 5) is 38.5. The number of rotatable bonds is 4. The molecule has 0 aromatic heterocycles. The van der Waals surface area contributed by atoms with Crippen molar-refractivity contribution in [2.45, 2.75) is 33.8 Å². The van der Waals surface area contributed by atoms with Gasteiger partial charge in [0, 0.05) is 0 Å². The summed E-state index contributed by atoms with van der Waals surface area (Å²) in [7, 11) is 0. The van der Waals surface area contributed by atoms with Crippen molar-refractivity contribution in [3.63, 3.8) is 0 Å².